The summed E-state index contributed by atoms with van der Waals surface area (Å²) in [5.74, 6) is 6.30. The van der Waals surface area contributed by atoms with Crippen molar-refractivity contribution < 1.29 is 18.9 Å². The van der Waals surface area contributed by atoms with E-state index in [-0.39, 0.29) is 57.7 Å². The maximum Gasteiger partial charge on any atom is 0.128 e. The second kappa shape index (κ2) is 10.4. The first kappa shape index (κ1) is 31.3. The smallest absolute Gasteiger partial charge is 0.128 e. The molecule has 0 unspecified atom stereocenters. The van der Waals surface area contributed by atoms with Crippen LogP contribution in [0.2, 0.25) is 0 Å². The van der Waals surface area contributed by atoms with E-state index in [1.165, 1.54) is 11.1 Å². The van der Waals surface area contributed by atoms with Crippen LogP contribution in [0.4, 0.5) is 0 Å². The highest BCUT2D eigenvalue weighted by Gasteiger charge is 2.83. The van der Waals surface area contributed by atoms with E-state index in [1.54, 1.807) is 0 Å². The maximum atomic E-state index is 6.48. The fourth-order valence-corrected chi connectivity index (χ4v) is 8.60. The molecule has 4 nitrogen and oxygen atoms in total. The van der Waals surface area contributed by atoms with Gasteiger partial charge >= 0.3 is 0 Å². The number of fused-ring (bicyclic) bond motifs is 10. The topological polar surface area (TPSA) is 43.5 Å². The third kappa shape index (κ3) is 4.74. The van der Waals surface area contributed by atoms with E-state index in [0.29, 0.717) is 0 Å². The lowest BCUT2D eigenvalue weighted by molar-refractivity contribution is -0.0822. The minimum Gasteiger partial charge on any atom is -0.361 e. The molecule has 6 aliphatic heterocycles. The van der Waals surface area contributed by atoms with Crippen LogP contribution in [0.5, 0.6) is 0 Å². The zero-order valence-electron chi connectivity index (χ0n) is 28.3. The van der Waals surface area contributed by atoms with Crippen LogP contribution in [0.25, 0.3) is 0 Å². The molecule has 6 fully saturated rings. The fourth-order valence-electron chi connectivity index (χ4n) is 8.60. The zero-order chi connectivity index (χ0) is 31.8. The molecule has 0 aromatic heterocycles. The van der Waals surface area contributed by atoms with Crippen LogP contribution in [-0.4, -0.2) is 46.8 Å². The van der Waals surface area contributed by atoms with Crippen LogP contribution in [-0.2, 0) is 18.9 Å². The molecule has 8 atom stereocenters. The van der Waals surface area contributed by atoms with Gasteiger partial charge in [-0.05, 0) is 89.8 Å². The molecule has 4 bridgehead atoms. The Labute approximate surface area is 265 Å². The van der Waals surface area contributed by atoms with Crippen molar-refractivity contribution in [2.24, 2.45) is 10.8 Å². The minimum absolute atomic E-state index is 0.0658. The lowest BCUT2D eigenvalue weighted by Gasteiger charge is -2.40. The van der Waals surface area contributed by atoms with Gasteiger partial charge in [-0.3, -0.25) is 0 Å². The van der Waals surface area contributed by atoms with Crippen molar-refractivity contribution in [2.45, 2.75) is 129 Å². The van der Waals surface area contributed by atoms with E-state index in [1.807, 2.05) is 12.2 Å². The van der Waals surface area contributed by atoms with Crippen LogP contribution in [0.15, 0.2) is 95.2 Å². The van der Waals surface area contributed by atoms with E-state index >= 15 is 0 Å². The predicted octanol–water partition coefficient (Wildman–Crippen LogP) is 8.45. The SMILES string of the molecule is CC(/C=C/C=C(C)/C=C/[C@@]12O[C@@H](CC1(C)C)[C@H]1O[C@]12C)=C\C#C/C=C(C)/C=C/C=C(C)/C=C/[C@@]12O[C@@H](CC1(C)C)[C@H]1O[C@]12C. The molecule has 6 heterocycles. The summed E-state index contributed by atoms with van der Waals surface area (Å²) in [6, 6.07) is 0. The monoisotopic (exact) mass is 594 g/mol. The Morgan fingerprint density at radius 1 is 0.545 bits per heavy atom. The van der Waals surface area contributed by atoms with E-state index in [0.717, 1.165) is 24.0 Å². The van der Waals surface area contributed by atoms with Crippen molar-refractivity contribution in [3.05, 3.63) is 95.2 Å². The van der Waals surface area contributed by atoms with Gasteiger partial charge in [-0.1, -0.05) is 99.3 Å². The van der Waals surface area contributed by atoms with Gasteiger partial charge in [0.25, 0.3) is 0 Å². The molecule has 6 rings (SSSR count). The number of rotatable bonds is 8. The van der Waals surface area contributed by atoms with Gasteiger partial charge in [-0.25, -0.2) is 0 Å². The summed E-state index contributed by atoms with van der Waals surface area (Å²) in [6.45, 7) is 22.0. The summed E-state index contributed by atoms with van der Waals surface area (Å²) in [6.07, 6.45) is 28.4. The van der Waals surface area contributed by atoms with Gasteiger partial charge in [0.05, 0.1) is 12.2 Å². The lowest BCUT2D eigenvalue weighted by atomic mass is 9.63. The highest BCUT2D eigenvalue weighted by molar-refractivity contribution is 5.41. The first-order valence-corrected chi connectivity index (χ1v) is 16.2. The maximum absolute atomic E-state index is 6.48. The molecule has 0 aromatic rings. The van der Waals surface area contributed by atoms with Crippen molar-refractivity contribution in [2.75, 3.05) is 0 Å². The van der Waals surface area contributed by atoms with Gasteiger partial charge in [0, 0.05) is 10.8 Å². The zero-order valence-corrected chi connectivity index (χ0v) is 28.3. The Hall–Kier alpha value is -2.68. The predicted molar refractivity (Wildman–Crippen MR) is 178 cm³/mol. The molecule has 6 aliphatic rings. The second-order valence-corrected chi connectivity index (χ2v) is 15.5. The van der Waals surface area contributed by atoms with Crippen molar-refractivity contribution >= 4 is 0 Å². The molecule has 44 heavy (non-hydrogen) atoms. The van der Waals surface area contributed by atoms with E-state index < -0.39 is 0 Å². The molecule has 0 saturated carbocycles. The number of hydrogen-bond donors (Lipinski definition) is 0. The molecule has 6 saturated heterocycles. The van der Waals surface area contributed by atoms with E-state index in [2.05, 4.69) is 142 Å². The molecule has 0 aliphatic carbocycles. The van der Waals surface area contributed by atoms with Gasteiger partial charge in [0.2, 0.25) is 0 Å². The highest BCUT2D eigenvalue weighted by atomic mass is 16.7. The lowest BCUT2D eigenvalue weighted by Crippen LogP contribution is -2.51. The summed E-state index contributed by atoms with van der Waals surface area (Å²) in [4.78, 5) is 0. The Balaban J connectivity index is 0.998. The van der Waals surface area contributed by atoms with Crippen molar-refractivity contribution in [3.8, 4) is 11.8 Å². The Morgan fingerprint density at radius 2 is 0.932 bits per heavy atom. The fraction of sp³-hybridized carbons (Fsp3) is 0.550. The molecule has 0 spiro atoms. The van der Waals surface area contributed by atoms with Crippen LogP contribution in [0, 0.1) is 22.7 Å². The third-order valence-corrected chi connectivity index (χ3v) is 11.3. The summed E-state index contributed by atoms with van der Waals surface area (Å²) >= 11 is 0. The van der Waals surface area contributed by atoms with E-state index in [4.69, 9.17) is 18.9 Å². The average molecular weight is 595 g/mol. The van der Waals surface area contributed by atoms with Crippen LogP contribution in [0.3, 0.4) is 0 Å². The third-order valence-electron chi connectivity index (χ3n) is 11.3. The second-order valence-electron chi connectivity index (χ2n) is 15.5. The average Bonchev–Trinajstić information content (AvgIpc) is 3.71. The Bertz CT molecular complexity index is 1410. The van der Waals surface area contributed by atoms with Gasteiger partial charge < -0.3 is 18.9 Å². The minimum atomic E-state index is -0.345. The summed E-state index contributed by atoms with van der Waals surface area (Å²) in [7, 11) is 0. The first-order chi connectivity index (χ1) is 20.6. The molecule has 0 radical (unpaired) electrons. The van der Waals surface area contributed by atoms with Gasteiger partial charge in [-0.2, -0.15) is 0 Å². The van der Waals surface area contributed by atoms with Gasteiger partial charge in [-0.15, -0.1) is 0 Å². The molecular weight excluding hydrogens is 544 g/mol. The molecule has 234 valence electrons. The summed E-state index contributed by atoms with van der Waals surface area (Å²) in [5.41, 5.74) is 3.65. The summed E-state index contributed by atoms with van der Waals surface area (Å²) < 4.78 is 25.2. The van der Waals surface area contributed by atoms with Gasteiger partial charge in [0.1, 0.15) is 34.6 Å². The standard InChI is InChI=1S/C40H50O4/c1-27(17-13-19-29(3)21-23-39-35(5,6)25-31(41-39)33-37(39,9)43-33)15-11-12-16-28(2)18-14-20-30(4)22-24-40-36(7,8)26-32(42-40)34-38(40,10)44-34/h13-24,31-34H,25-26H2,1-10H3/b17-13+,18-14+,23-21+,24-22+,27-15+,28-16+,29-19+,30-20+/t31-,32-,33+,34+,37+,38+,39+,40+/m0/s1. The normalized spacial score (nSPS) is 43.4. The van der Waals surface area contributed by atoms with Crippen molar-refractivity contribution in [3.63, 3.8) is 0 Å². The number of ether oxygens (including phenoxy) is 4. The van der Waals surface area contributed by atoms with Crippen molar-refractivity contribution in [1.29, 1.82) is 0 Å². The number of allylic oxidation sites excluding steroid dienone is 14. The van der Waals surface area contributed by atoms with Gasteiger partial charge in [0.15, 0.2) is 0 Å². The van der Waals surface area contributed by atoms with Crippen LogP contribution in [0.1, 0.15) is 82.1 Å². The molecule has 0 amide bonds. The molecular formula is C40H50O4. The van der Waals surface area contributed by atoms with Crippen molar-refractivity contribution in [1.82, 2.24) is 0 Å². The Morgan fingerprint density at radius 3 is 1.30 bits per heavy atom. The largest absolute Gasteiger partial charge is 0.361 e. The molecule has 0 aromatic carbocycles. The Kier molecular flexibility index (Phi) is 7.42. The first-order valence-electron chi connectivity index (χ1n) is 16.2. The number of hydrogen-bond acceptors (Lipinski definition) is 4. The summed E-state index contributed by atoms with van der Waals surface area (Å²) in [5, 5.41) is 0. The molecule has 0 N–H and O–H groups in total. The number of epoxide rings is 2. The quantitative estimate of drug-likeness (QED) is 0.161. The van der Waals surface area contributed by atoms with Crippen LogP contribution >= 0.6 is 0 Å². The van der Waals surface area contributed by atoms with E-state index in [9.17, 15) is 0 Å². The highest BCUT2D eigenvalue weighted by Crippen LogP contribution is 2.71. The van der Waals surface area contributed by atoms with Crippen LogP contribution < -0.4 is 0 Å². The molecule has 4 heteroatoms.